The molecule has 82 valence electrons. The number of carbonyl (C=O) groups is 1. The minimum atomic E-state index is -3.64. The summed E-state index contributed by atoms with van der Waals surface area (Å²) in [6, 6.07) is 0. The van der Waals surface area contributed by atoms with E-state index < -0.39 is 33.4 Å². The van der Waals surface area contributed by atoms with Crippen LogP contribution in [0.1, 0.15) is 13.8 Å². The van der Waals surface area contributed by atoms with Gasteiger partial charge in [-0.3, -0.25) is 4.79 Å². The molecule has 0 aliphatic carbocycles. The lowest BCUT2D eigenvalue weighted by Crippen LogP contribution is -2.68. The van der Waals surface area contributed by atoms with Gasteiger partial charge in [-0.1, -0.05) is 0 Å². The van der Waals surface area contributed by atoms with Crippen molar-refractivity contribution in [1.29, 1.82) is 0 Å². The van der Waals surface area contributed by atoms with Crippen LogP contribution in [-0.4, -0.2) is 52.8 Å². The highest BCUT2D eigenvalue weighted by atomic mass is 32.2. The number of hydrogen-bond donors (Lipinski definition) is 2. The Kier molecular flexibility index (Phi) is 2.59. The molecule has 1 fully saturated rings. The van der Waals surface area contributed by atoms with Crippen molar-refractivity contribution in [2.24, 2.45) is 0 Å². The van der Waals surface area contributed by atoms with E-state index in [1.807, 2.05) is 0 Å². The second-order valence-corrected chi connectivity index (χ2v) is 6.10. The molecule has 14 heavy (non-hydrogen) atoms. The van der Waals surface area contributed by atoms with Gasteiger partial charge in [0, 0.05) is 0 Å². The molecule has 1 saturated heterocycles. The number of rotatable bonds is 3. The van der Waals surface area contributed by atoms with Crippen molar-refractivity contribution in [2.75, 3.05) is 13.2 Å². The van der Waals surface area contributed by atoms with Gasteiger partial charge in [0.1, 0.15) is 0 Å². The van der Waals surface area contributed by atoms with Crippen LogP contribution in [0.15, 0.2) is 0 Å². The van der Waals surface area contributed by atoms with Crippen molar-refractivity contribution in [1.82, 2.24) is 4.31 Å². The average molecular weight is 223 g/mol. The first-order valence-electron chi connectivity index (χ1n) is 4.10. The van der Waals surface area contributed by atoms with Crippen LogP contribution >= 0.6 is 0 Å². The number of hydrogen-bond acceptors (Lipinski definition) is 5. The molecule has 0 aromatic carbocycles. The van der Waals surface area contributed by atoms with Crippen LogP contribution < -0.4 is 0 Å². The molecule has 7 heteroatoms. The van der Waals surface area contributed by atoms with Crippen LogP contribution in [0.25, 0.3) is 0 Å². The van der Waals surface area contributed by atoms with Gasteiger partial charge in [-0.15, -0.1) is 0 Å². The molecule has 1 atom stereocenters. The first-order chi connectivity index (χ1) is 6.25. The molecule has 0 saturated carbocycles. The van der Waals surface area contributed by atoms with Gasteiger partial charge in [0.15, 0.2) is 4.75 Å². The van der Waals surface area contributed by atoms with Gasteiger partial charge in [0.25, 0.3) is 15.9 Å². The minimum Gasteiger partial charge on any atom is -0.394 e. The second kappa shape index (κ2) is 3.18. The Bertz CT molecular complexity index is 347. The zero-order chi connectivity index (χ0) is 11.1. The summed E-state index contributed by atoms with van der Waals surface area (Å²) < 4.78 is 22.1. The predicted octanol–water partition coefficient (Wildman–Crippen LogP) is -1.71. The molecular weight excluding hydrogens is 210 g/mol. The summed E-state index contributed by atoms with van der Waals surface area (Å²) in [5.74, 6) is -0.551. The summed E-state index contributed by atoms with van der Waals surface area (Å²) in [6.45, 7) is 1.68. The standard InChI is InChI=1S/C7H13NO5S/c1-7(2)6(11)8(14(7,12)13)3-5(10)4-9/h5,9-10H,3-4H2,1-2H3. The van der Waals surface area contributed by atoms with Crippen LogP contribution in [0, 0.1) is 0 Å². The van der Waals surface area contributed by atoms with Gasteiger partial charge in [0.2, 0.25) is 0 Å². The highest BCUT2D eigenvalue weighted by Crippen LogP contribution is 2.34. The molecule has 1 aliphatic heterocycles. The fourth-order valence-electron chi connectivity index (χ4n) is 1.19. The van der Waals surface area contributed by atoms with E-state index in [0.717, 1.165) is 0 Å². The van der Waals surface area contributed by atoms with Gasteiger partial charge < -0.3 is 10.2 Å². The number of nitrogens with zero attached hydrogens (tertiary/aromatic N) is 1. The molecule has 6 nitrogen and oxygen atoms in total. The zero-order valence-electron chi connectivity index (χ0n) is 7.97. The number of β-amino-alcohol motifs (C(OH)–C–C–N with tert-alkyl or cyclic N) is 1. The molecule has 1 unspecified atom stereocenters. The first kappa shape index (κ1) is 11.4. The molecule has 0 bridgehead atoms. The molecule has 2 N–H and O–H groups in total. The molecule has 0 radical (unpaired) electrons. The maximum atomic E-state index is 11.4. The molecule has 1 amide bonds. The normalized spacial score (nSPS) is 25.7. The first-order valence-corrected chi connectivity index (χ1v) is 5.54. The smallest absolute Gasteiger partial charge is 0.258 e. The summed E-state index contributed by atoms with van der Waals surface area (Å²) in [5.41, 5.74) is 0. The number of aliphatic hydroxyl groups excluding tert-OH is 2. The lowest BCUT2D eigenvalue weighted by molar-refractivity contribution is -0.133. The highest BCUT2D eigenvalue weighted by molar-refractivity contribution is 7.94. The van der Waals surface area contributed by atoms with Crippen LogP contribution in [0.2, 0.25) is 0 Å². The van der Waals surface area contributed by atoms with E-state index in [4.69, 9.17) is 10.2 Å². The summed E-state index contributed by atoms with van der Waals surface area (Å²) in [5, 5.41) is 17.5. The van der Waals surface area contributed by atoms with Gasteiger partial charge in [-0.2, -0.15) is 0 Å². The number of carbonyl (C=O) groups excluding carboxylic acids is 1. The summed E-state index contributed by atoms with van der Waals surface area (Å²) >= 11 is 0. The Labute approximate surface area is 82.2 Å². The lowest BCUT2D eigenvalue weighted by atomic mass is 10.2. The molecule has 0 spiro atoms. The van der Waals surface area contributed by atoms with Crippen LogP contribution in [-0.2, 0) is 14.8 Å². The van der Waals surface area contributed by atoms with Crippen LogP contribution in [0.3, 0.4) is 0 Å². The fourth-order valence-corrected chi connectivity index (χ4v) is 2.75. The SMILES string of the molecule is CC1(C)C(=O)N(CC(O)CO)S1(=O)=O. The fraction of sp³-hybridized carbons (Fsp3) is 0.857. The largest absolute Gasteiger partial charge is 0.394 e. The molecule has 1 aliphatic rings. The van der Waals surface area contributed by atoms with Crippen molar-refractivity contribution in [3.05, 3.63) is 0 Å². The van der Waals surface area contributed by atoms with E-state index in [1.165, 1.54) is 13.8 Å². The van der Waals surface area contributed by atoms with Crippen molar-refractivity contribution in [3.8, 4) is 0 Å². The molecule has 0 aromatic rings. The van der Waals surface area contributed by atoms with Crippen molar-refractivity contribution >= 4 is 15.9 Å². The van der Waals surface area contributed by atoms with Crippen molar-refractivity contribution in [3.63, 3.8) is 0 Å². The maximum Gasteiger partial charge on any atom is 0.258 e. The zero-order valence-corrected chi connectivity index (χ0v) is 8.78. The topological polar surface area (TPSA) is 94.9 Å². The third-order valence-corrected chi connectivity index (χ3v) is 4.62. The van der Waals surface area contributed by atoms with Crippen molar-refractivity contribution in [2.45, 2.75) is 24.7 Å². The van der Waals surface area contributed by atoms with Crippen LogP contribution in [0.4, 0.5) is 0 Å². The summed E-state index contributed by atoms with van der Waals surface area (Å²) in [4.78, 5) is 11.3. The average Bonchev–Trinajstić information content (AvgIpc) is 2.12. The van der Waals surface area contributed by atoms with E-state index in [9.17, 15) is 13.2 Å². The Morgan fingerprint density at radius 1 is 1.50 bits per heavy atom. The number of sulfonamides is 1. The van der Waals surface area contributed by atoms with E-state index >= 15 is 0 Å². The lowest BCUT2D eigenvalue weighted by Gasteiger charge is -2.43. The second-order valence-electron chi connectivity index (χ2n) is 3.69. The Hall–Kier alpha value is -0.660. The van der Waals surface area contributed by atoms with Gasteiger partial charge in [-0.05, 0) is 13.8 Å². The van der Waals surface area contributed by atoms with Crippen molar-refractivity contribution < 1.29 is 23.4 Å². The monoisotopic (exact) mass is 223 g/mol. The maximum absolute atomic E-state index is 11.4. The Balaban J connectivity index is 2.82. The minimum absolute atomic E-state index is 0.374. The molecule has 1 heterocycles. The van der Waals surface area contributed by atoms with E-state index in [2.05, 4.69) is 0 Å². The number of amides is 1. The Morgan fingerprint density at radius 3 is 2.36 bits per heavy atom. The molecule has 1 rings (SSSR count). The van der Waals surface area contributed by atoms with E-state index in [0.29, 0.717) is 4.31 Å². The molecular formula is C7H13NO5S. The predicted molar refractivity (Wildman–Crippen MR) is 47.8 cm³/mol. The quantitative estimate of drug-likeness (QED) is 0.594. The number of aliphatic hydroxyl groups is 2. The van der Waals surface area contributed by atoms with E-state index in [-0.39, 0.29) is 6.54 Å². The summed E-state index contributed by atoms with van der Waals surface area (Å²) in [7, 11) is -3.64. The third kappa shape index (κ3) is 1.32. The highest BCUT2D eigenvalue weighted by Gasteiger charge is 2.60. The van der Waals surface area contributed by atoms with E-state index in [1.54, 1.807) is 0 Å². The van der Waals surface area contributed by atoms with Gasteiger partial charge in [0.05, 0.1) is 19.3 Å². The van der Waals surface area contributed by atoms with Gasteiger partial charge in [-0.25, -0.2) is 12.7 Å². The van der Waals surface area contributed by atoms with Crippen LogP contribution in [0.5, 0.6) is 0 Å². The molecule has 0 aromatic heterocycles. The Morgan fingerprint density at radius 2 is 2.00 bits per heavy atom. The van der Waals surface area contributed by atoms with Gasteiger partial charge >= 0.3 is 0 Å². The summed E-state index contributed by atoms with van der Waals surface area (Å²) in [6.07, 6.45) is -1.22. The third-order valence-electron chi connectivity index (χ3n) is 2.26.